The second kappa shape index (κ2) is 7.78. The predicted octanol–water partition coefficient (Wildman–Crippen LogP) is 2.38. The van der Waals surface area contributed by atoms with Gasteiger partial charge in [-0.05, 0) is 36.1 Å². The van der Waals surface area contributed by atoms with E-state index in [0.717, 1.165) is 19.0 Å². The van der Waals surface area contributed by atoms with Crippen molar-refractivity contribution in [2.75, 3.05) is 32.6 Å². The molecule has 1 aromatic carbocycles. The van der Waals surface area contributed by atoms with E-state index in [9.17, 15) is 0 Å². The Labute approximate surface area is 123 Å². The summed E-state index contributed by atoms with van der Waals surface area (Å²) in [5.74, 6) is 1.46. The van der Waals surface area contributed by atoms with Crippen LogP contribution in [-0.4, -0.2) is 33.6 Å². The van der Waals surface area contributed by atoms with Crippen LogP contribution in [0.5, 0.6) is 0 Å². The van der Waals surface area contributed by atoms with Crippen LogP contribution in [0.1, 0.15) is 25.0 Å². The quantitative estimate of drug-likeness (QED) is 0.641. The molecule has 1 rings (SSSR count). The van der Waals surface area contributed by atoms with Gasteiger partial charge in [0.25, 0.3) is 0 Å². The van der Waals surface area contributed by atoms with Gasteiger partial charge in [-0.3, -0.25) is 4.99 Å². The number of benzene rings is 1. The highest BCUT2D eigenvalue weighted by Gasteiger charge is 2.04. The fourth-order valence-corrected chi connectivity index (χ4v) is 1.86. The standard InChI is InChI=1S/C16H28N4/c1-12(2)10-18-16(17-4)19-11-14-7-8-15(20(5)6)9-13(14)3/h7-9,12H,10-11H2,1-6H3,(H2,17,18,19). The molecule has 0 saturated heterocycles. The van der Waals surface area contributed by atoms with Gasteiger partial charge in [0.15, 0.2) is 5.96 Å². The molecule has 0 bridgehead atoms. The lowest BCUT2D eigenvalue weighted by atomic mass is 10.1. The summed E-state index contributed by atoms with van der Waals surface area (Å²) in [5.41, 5.74) is 3.82. The molecule has 0 radical (unpaired) electrons. The second-order valence-electron chi connectivity index (χ2n) is 5.71. The Morgan fingerprint density at radius 1 is 1.25 bits per heavy atom. The van der Waals surface area contributed by atoms with E-state index in [2.05, 4.69) is 73.6 Å². The Morgan fingerprint density at radius 3 is 2.45 bits per heavy atom. The van der Waals surface area contributed by atoms with Crippen molar-refractivity contribution in [3.63, 3.8) is 0 Å². The Bertz CT molecular complexity index is 450. The highest BCUT2D eigenvalue weighted by molar-refractivity contribution is 5.79. The van der Waals surface area contributed by atoms with E-state index in [4.69, 9.17) is 0 Å². The zero-order chi connectivity index (χ0) is 15.1. The van der Waals surface area contributed by atoms with Crippen LogP contribution < -0.4 is 15.5 Å². The van der Waals surface area contributed by atoms with E-state index in [1.54, 1.807) is 7.05 Å². The Balaban J connectivity index is 2.60. The molecule has 4 nitrogen and oxygen atoms in total. The second-order valence-corrected chi connectivity index (χ2v) is 5.71. The van der Waals surface area contributed by atoms with Crippen LogP contribution in [0.25, 0.3) is 0 Å². The molecule has 112 valence electrons. The van der Waals surface area contributed by atoms with Gasteiger partial charge < -0.3 is 15.5 Å². The molecule has 0 atom stereocenters. The molecule has 0 aliphatic heterocycles. The number of aryl methyl sites for hydroxylation is 1. The maximum Gasteiger partial charge on any atom is 0.191 e. The van der Waals surface area contributed by atoms with Crippen molar-refractivity contribution < 1.29 is 0 Å². The largest absolute Gasteiger partial charge is 0.378 e. The zero-order valence-corrected chi connectivity index (χ0v) is 13.6. The number of hydrogen-bond donors (Lipinski definition) is 2. The van der Waals surface area contributed by atoms with Crippen LogP contribution in [0.2, 0.25) is 0 Å². The lowest BCUT2D eigenvalue weighted by molar-refractivity contribution is 0.614. The Morgan fingerprint density at radius 2 is 1.95 bits per heavy atom. The summed E-state index contributed by atoms with van der Waals surface area (Å²) in [6.45, 7) is 8.23. The average Bonchev–Trinajstić information content (AvgIpc) is 2.39. The van der Waals surface area contributed by atoms with Crippen LogP contribution in [0.4, 0.5) is 5.69 Å². The van der Waals surface area contributed by atoms with Crippen LogP contribution >= 0.6 is 0 Å². The molecule has 0 saturated carbocycles. The van der Waals surface area contributed by atoms with Crippen molar-refractivity contribution in [2.45, 2.75) is 27.3 Å². The number of nitrogens with zero attached hydrogens (tertiary/aromatic N) is 2. The SMILES string of the molecule is CN=C(NCc1ccc(N(C)C)cc1C)NCC(C)C. The highest BCUT2D eigenvalue weighted by Crippen LogP contribution is 2.17. The third-order valence-electron chi connectivity index (χ3n) is 3.19. The number of aliphatic imine (C=N–C) groups is 1. The summed E-state index contributed by atoms with van der Waals surface area (Å²) >= 11 is 0. The maximum absolute atomic E-state index is 4.24. The van der Waals surface area contributed by atoms with Crippen LogP contribution in [0, 0.1) is 12.8 Å². The molecular weight excluding hydrogens is 248 g/mol. The molecule has 0 aromatic heterocycles. The number of guanidine groups is 1. The van der Waals surface area contributed by atoms with Crippen molar-refractivity contribution in [1.82, 2.24) is 10.6 Å². The molecule has 20 heavy (non-hydrogen) atoms. The summed E-state index contributed by atoms with van der Waals surface area (Å²) in [6, 6.07) is 6.53. The first-order chi connectivity index (χ1) is 9.43. The Hall–Kier alpha value is -1.71. The van der Waals surface area contributed by atoms with E-state index in [1.165, 1.54) is 16.8 Å². The molecule has 0 unspecified atom stereocenters. The third kappa shape index (κ3) is 5.11. The minimum atomic E-state index is 0.606. The minimum Gasteiger partial charge on any atom is -0.378 e. The molecule has 0 spiro atoms. The van der Waals surface area contributed by atoms with Crippen LogP contribution in [-0.2, 0) is 6.54 Å². The van der Waals surface area contributed by atoms with Gasteiger partial charge in [-0.15, -0.1) is 0 Å². The molecule has 0 heterocycles. The fraction of sp³-hybridized carbons (Fsp3) is 0.562. The summed E-state index contributed by atoms with van der Waals surface area (Å²) in [6.07, 6.45) is 0. The van der Waals surface area contributed by atoms with Gasteiger partial charge in [-0.2, -0.15) is 0 Å². The summed E-state index contributed by atoms with van der Waals surface area (Å²) in [5, 5.41) is 6.67. The van der Waals surface area contributed by atoms with E-state index < -0.39 is 0 Å². The van der Waals surface area contributed by atoms with Gasteiger partial charge in [0.1, 0.15) is 0 Å². The molecule has 0 amide bonds. The van der Waals surface area contributed by atoms with E-state index in [-0.39, 0.29) is 0 Å². The number of nitrogens with one attached hydrogen (secondary N) is 2. The highest BCUT2D eigenvalue weighted by atomic mass is 15.2. The minimum absolute atomic E-state index is 0.606. The molecular formula is C16H28N4. The summed E-state index contributed by atoms with van der Waals surface area (Å²) in [7, 11) is 5.92. The molecule has 2 N–H and O–H groups in total. The first-order valence-corrected chi connectivity index (χ1v) is 7.15. The lowest BCUT2D eigenvalue weighted by Gasteiger charge is -2.17. The van der Waals surface area contributed by atoms with Crippen molar-refractivity contribution in [3.05, 3.63) is 29.3 Å². The smallest absolute Gasteiger partial charge is 0.191 e. The van der Waals surface area contributed by atoms with E-state index in [1.807, 2.05) is 0 Å². The maximum atomic E-state index is 4.24. The molecule has 0 fully saturated rings. The first-order valence-electron chi connectivity index (χ1n) is 7.15. The summed E-state index contributed by atoms with van der Waals surface area (Å²) < 4.78 is 0. The van der Waals surface area contributed by atoms with Crippen LogP contribution in [0.3, 0.4) is 0 Å². The number of rotatable bonds is 5. The van der Waals surface area contributed by atoms with Crippen molar-refractivity contribution in [2.24, 2.45) is 10.9 Å². The van der Waals surface area contributed by atoms with Crippen LogP contribution in [0.15, 0.2) is 23.2 Å². The molecule has 0 aliphatic carbocycles. The van der Waals surface area contributed by atoms with Gasteiger partial charge in [0.05, 0.1) is 0 Å². The lowest BCUT2D eigenvalue weighted by Crippen LogP contribution is -2.38. The van der Waals surface area contributed by atoms with Crippen molar-refractivity contribution >= 4 is 11.6 Å². The first kappa shape index (κ1) is 16.3. The fourth-order valence-electron chi connectivity index (χ4n) is 1.86. The monoisotopic (exact) mass is 276 g/mol. The molecule has 4 heteroatoms. The summed E-state index contributed by atoms with van der Waals surface area (Å²) in [4.78, 5) is 6.36. The van der Waals surface area contributed by atoms with E-state index in [0.29, 0.717) is 5.92 Å². The zero-order valence-electron chi connectivity index (χ0n) is 13.6. The van der Waals surface area contributed by atoms with Gasteiger partial charge in [0, 0.05) is 39.9 Å². The molecule has 1 aromatic rings. The van der Waals surface area contributed by atoms with Gasteiger partial charge in [-0.25, -0.2) is 0 Å². The third-order valence-corrected chi connectivity index (χ3v) is 3.19. The number of hydrogen-bond acceptors (Lipinski definition) is 2. The molecule has 0 aliphatic rings. The number of anilines is 1. The predicted molar refractivity (Wildman–Crippen MR) is 88.5 cm³/mol. The van der Waals surface area contributed by atoms with Gasteiger partial charge in [0.2, 0.25) is 0 Å². The van der Waals surface area contributed by atoms with E-state index >= 15 is 0 Å². The van der Waals surface area contributed by atoms with Crippen molar-refractivity contribution in [1.29, 1.82) is 0 Å². The van der Waals surface area contributed by atoms with Gasteiger partial charge >= 0.3 is 0 Å². The normalized spacial score (nSPS) is 11.7. The van der Waals surface area contributed by atoms with Crippen molar-refractivity contribution in [3.8, 4) is 0 Å². The average molecular weight is 276 g/mol. The van der Waals surface area contributed by atoms with Gasteiger partial charge in [-0.1, -0.05) is 19.9 Å². The topological polar surface area (TPSA) is 39.7 Å². The Kier molecular flexibility index (Phi) is 6.36.